The number of amides is 3. The van der Waals surface area contributed by atoms with Gasteiger partial charge in [-0.3, -0.25) is 9.59 Å². The van der Waals surface area contributed by atoms with Gasteiger partial charge in [-0.1, -0.05) is 97.8 Å². The molecule has 0 aromatic heterocycles. The number of benzene rings is 3. The van der Waals surface area contributed by atoms with Crippen LogP contribution in [0.5, 0.6) is 0 Å². The zero-order valence-corrected chi connectivity index (χ0v) is 25.8. The predicted molar refractivity (Wildman–Crippen MR) is 167 cm³/mol. The topological polar surface area (TPSA) is 87.7 Å². The van der Waals surface area contributed by atoms with E-state index in [1.807, 2.05) is 99.6 Å². The minimum atomic E-state index is -0.936. The summed E-state index contributed by atoms with van der Waals surface area (Å²) in [6, 6.07) is 23.4. The molecule has 2 N–H and O–H groups in total. The van der Waals surface area contributed by atoms with Crippen molar-refractivity contribution in [1.29, 1.82) is 0 Å². The van der Waals surface area contributed by atoms with Crippen LogP contribution in [0.15, 0.2) is 78.9 Å². The van der Waals surface area contributed by atoms with Gasteiger partial charge in [-0.05, 0) is 63.3 Å². The molecule has 0 spiro atoms. The van der Waals surface area contributed by atoms with Crippen LogP contribution < -0.4 is 10.6 Å². The van der Waals surface area contributed by atoms with Crippen LogP contribution in [0.25, 0.3) is 0 Å². The summed E-state index contributed by atoms with van der Waals surface area (Å²) in [7, 11) is 0. The minimum absolute atomic E-state index is 0.257. The summed E-state index contributed by atoms with van der Waals surface area (Å²) in [5.74, 6) is -0.605. The number of aryl methyl sites for hydroxylation is 2. The van der Waals surface area contributed by atoms with Crippen molar-refractivity contribution < 1.29 is 19.1 Å². The SMILES string of the molecule is CCCCN(C(=O)C(Cc1ccccc1)NC(=O)OC(C)(C)C)C(C(=O)NCc1ccccc1)c1cc(C)ccc1C. The maximum Gasteiger partial charge on any atom is 0.408 e. The third-order valence-corrected chi connectivity index (χ3v) is 6.91. The lowest BCUT2D eigenvalue weighted by molar-refractivity contribution is -0.142. The number of rotatable bonds is 12. The summed E-state index contributed by atoms with van der Waals surface area (Å²) in [4.78, 5) is 43.2. The highest BCUT2D eigenvalue weighted by atomic mass is 16.6. The lowest BCUT2D eigenvalue weighted by Crippen LogP contribution is -2.54. The van der Waals surface area contributed by atoms with Gasteiger partial charge in [0.15, 0.2) is 0 Å². The van der Waals surface area contributed by atoms with E-state index in [1.54, 1.807) is 25.7 Å². The van der Waals surface area contributed by atoms with Gasteiger partial charge < -0.3 is 20.3 Å². The van der Waals surface area contributed by atoms with E-state index in [2.05, 4.69) is 10.6 Å². The fraction of sp³-hybridized carbons (Fsp3) is 0.400. The van der Waals surface area contributed by atoms with E-state index in [4.69, 9.17) is 4.74 Å². The Morgan fingerprint density at radius 1 is 0.881 bits per heavy atom. The molecule has 3 rings (SSSR count). The molecule has 2 unspecified atom stereocenters. The summed E-state index contributed by atoms with van der Waals surface area (Å²) < 4.78 is 5.53. The molecule has 7 heteroatoms. The van der Waals surface area contributed by atoms with Crippen molar-refractivity contribution >= 4 is 17.9 Å². The van der Waals surface area contributed by atoms with Gasteiger partial charge in [0.25, 0.3) is 0 Å². The molecular formula is C35H45N3O4. The van der Waals surface area contributed by atoms with Gasteiger partial charge >= 0.3 is 6.09 Å². The van der Waals surface area contributed by atoms with Gasteiger partial charge in [0.2, 0.25) is 11.8 Å². The molecule has 42 heavy (non-hydrogen) atoms. The Labute approximate surface area is 250 Å². The average molecular weight is 572 g/mol. The molecule has 7 nitrogen and oxygen atoms in total. The minimum Gasteiger partial charge on any atom is -0.444 e. The zero-order chi connectivity index (χ0) is 30.7. The number of carbonyl (C=O) groups excluding carboxylic acids is 3. The van der Waals surface area contributed by atoms with Gasteiger partial charge in [-0.2, -0.15) is 0 Å². The lowest BCUT2D eigenvalue weighted by Gasteiger charge is -2.35. The number of nitrogens with zero attached hydrogens (tertiary/aromatic N) is 1. The van der Waals surface area contributed by atoms with Crippen molar-refractivity contribution in [3.63, 3.8) is 0 Å². The predicted octanol–water partition coefficient (Wildman–Crippen LogP) is 6.43. The average Bonchev–Trinajstić information content (AvgIpc) is 2.95. The van der Waals surface area contributed by atoms with Crippen LogP contribution in [0, 0.1) is 13.8 Å². The summed E-state index contributed by atoms with van der Waals surface area (Å²) in [5, 5.41) is 5.90. The molecule has 3 amide bonds. The Morgan fingerprint density at radius 2 is 1.50 bits per heavy atom. The van der Waals surface area contributed by atoms with E-state index in [0.717, 1.165) is 34.2 Å². The van der Waals surface area contributed by atoms with Gasteiger partial charge in [-0.15, -0.1) is 0 Å². The highest BCUT2D eigenvalue weighted by Gasteiger charge is 2.36. The number of hydrogen-bond acceptors (Lipinski definition) is 4. The van der Waals surface area contributed by atoms with Crippen LogP contribution >= 0.6 is 0 Å². The Morgan fingerprint density at radius 3 is 2.10 bits per heavy atom. The molecule has 0 fully saturated rings. The Bertz CT molecular complexity index is 1320. The first-order chi connectivity index (χ1) is 20.0. The monoisotopic (exact) mass is 571 g/mol. The van der Waals surface area contributed by atoms with Crippen LogP contribution in [0.3, 0.4) is 0 Å². The largest absolute Gasteiger partial charge is 0.444 e. The molecule has 0 saturated carbocycles. The molecule has 0 bridgehead atoms. The zero-order valence-electron chi connectivity index (χ0n) is 25.8. The molecule has 0 heterocycles. The molecule has 3 aromatic rings. The Hall–Kier alpha value is -4.13. The van der Waals surface area contributed by atoms with Crippen molar-refractivity contribution in [1.82, 2.24) is 15.5 Å². The van der Waals surface area contributed by atoms with E-state index in [1.165, 1.54) is 0 Å². The van der Waals surface area contributed by atoms with Crippen molar-refractivity contribution in [2.24, 2.45) is 0 Å². The molecular weight excluding hydrogens is 526 g/mol. The molecule has 0 radical (unpaired) electrons. The molecule has 224 valence electrons. The number of nitrogens with one attached hydrogen (secondary N) is 2. The smallest absolute Gasteiger partial charge is 0.408 e. The second-order valence-corrected chi connectivity index (χ2v) is 11.7. The maximum absolute atomic E-state index is 14.5. The molecule has 0 aliphatic carbocycles. The Balaban J connectivity index is 2.04. The highest BCUT2D eigenvalue weighted by molar-refractivity contribution is 5.92. The van der Waals surface area contributed by atoms with Gasteiger partial charge in [-0.25, -0.2) is 4.79 Å². The van der Waals surface area contributed by atoms with E-state index < -0.39 is 23.8 Å². The van der Waals surface area contributed by atoms with Crippen molar-refractivity contribution in [2.45, 2.75) is 85.0 Å². The van der Waals surface area contributed by atoms with E-state index in [-0.39, 0.29) is 18.2 Å². The number of ether oxygens (including phenoxy) is 1. The molecule has 2 atom stereocenters. The summed E-state index contributed by atoms with van der Waals surface area (Å²) in [6.07, 6.45) is 1.11. The number of unbranched alkanes of at least 4 members (excludes halogenated alkanes) is 1. The van der Waals surface area contributed by atoms with Gasteiger partial charge in [0.1, 0.15) is 17.7 Å². The van der Waals surface area contributed by atoms with E-state index >= 15 is 0 Å². The number of alkyl carbamates (subject to hydrolysis) is 1. The number of carbonyl (C=O) groups is 3. The molecule has 0 saturated heterocycles. The van der Waals surface area contributed by atoms with Crippen LogP contribution in [0.4, 0.5) is 4.79 Å². The number of hydrogen-bond donors (Lipinski definition) is 2. The van der Waals surface area contributed by atoms with Crippen molar-refractivity contribution in [3.8, 4) is 0 Å². The van der Waals surface area contributed by atoms with Gasteiger partial charge in [0.05, 0.1) is 0 Å². The Kier molecular flexibility index (Phi) is 11.7. The molecule has 0 aliphatic heterocycles. The maximum atomic E-state index is 14.5. The normalized spacial score (nSPS) is 12.6. The first-order valence-corrected chi connectivity index (χ1v) is 14.7. The van der Waals surface area contributed by atoms with E-state index in [0.29, 0.717) is 19.5 Å². The quantitative estimate of drug-likeness (QED) is 0.262. The standard InChI is InChI=1S/C35H45N3O4/c1-7-8-21-38(33(40)30(23-27-15-11-9-12-16-27)37-34(41)42-35(4,5)6)31(29-22-25(2)19-20-26(29)3)32(39)36-24-28-17-13-10-14-18-28/h9-20,22,30-31H,7-8,21,23-24H2,1-6H3,(H,36,39)(H,37,41). The fourth-order valence-corrected chi connectivity index (χ4v) is 4.78. The second kappa shape index (κ2) is 15.2. The second-order valence-electron chi connectivity index (χ2n) is 11.7. The summed E-state index contributed by atoms with van der Waals surface area (Å²) in [6.45, 7) is 12.0. The van der Waals surface area contributed by atoms with E-state index in [9.17, 15) is 14.4 Å². The summed E-state index contributed by atoms with van der Waals surface area (Å²) in [5.41, 5.74) is 3.79. The molecule has 3 aromatic carbocycles. The summed E-state index contributed by atoms with van der Waals surface area (Å²) >= 11 is 0. The third kappa shape index (κ3) is 9.75. The van der Waals surface area contributed by atoms with Crippen LogP contribution in [-0.4, -0.2) is 41.0 Å². The first kappa shape index (κ1) is 32.4. The van der Waals surface area contributed by atoms with Gasteiger partial charge in [0, 0.05) is 19.5 Å². The molecule has 0 aliphatic rings. The lowest BCUT2D eigenvalue weighted by atomic mass is 9.95. The van der Waals surface area contributed by atoms with Crippen LogP contribution in [-0.2, 0) is 27.3 Å². The third-order valence-electron chi connectivity index (χ3n) is 6.91. The highest BCUT2D eigenvalue weighted by Crippen LogP contribution is 2.28. The van der Waals surface area contributed by atoms with Crippen molar-refractivity contribution in [2.75, 3.05) is 6.54 Å². The van der Waals surface area contributed by atoms with Crippen LogP contribution in [0.2, 0.25) is 0 Å². The van der Waals surface area contributed by atoms with Crippen molar-refractivity contribution in [3.05, 3.63) is 107 Å². The first-order valence-electron chi connectivity index (χ1n) is 14.7. The fourth-order valence-electron chi connectivity index (χ4n) is 4.78. The van der Waals surface area contributed by atoms with Crippen LogP contribution in [0.1, 0.15) is 74.4 Å².